The molecule has 0 spiro atoms. The van der Waals surface area contributed by atoms with Gasteiger partial charge in [-0.1, -0.05) is 6.07 Å². The Balaban J connectivity index is 1.76. The molecule has 1 aliphatic heterocycles. The second-order valence-corrected chi connectivity index (χ2v) is 6.94. The quantitative estimate of drug-likeness (QED) is 0.688. The molecule has 0 unspecified atom stereocenters. The highest BCUT2D eigenvalue weighted by molar-refractivity contribution is 5.82. The lowest BCUT2D eigenvalue weighted by Gasteiger charge is -2.21. The number of carbonyl (C=O) groups excluding carboxylic acids is 2. The van der Waals surface area contributed by atoms with Crippen LogP contribution in [0.15, 0.2) is 35.4 Å². The Bertz CT molecular complexity index is 994. The van der Waals surface area contributed by atoms with Crippen LogP contribution in [0.2, 0.25) is 0 Å². The van der Waals surface area contributed by atoms with Crippen LogP contribution >= 0.6 is 0 Å². The molecule has 7 nitrogen and oxygen atoms in total. The zero-order valence-electron chi connectivity index (χ0n) is 16.4. The highest BCUT2D eigenvalue weighted by Crippen LogP contribution is 2.23. The lowest BCUT2D eigenvalue weighted by atomic mass is 10.0. The first-order chi connectivity index (χ1) is 14.2. The number of aryl methyl sites for hydroxylation is 1. The first-order valence-electron chi connectivity index (χ1n) is 9.62. The van der Waals surface area contributed by atoms with Crippen LogP contribution in [0.5, 0.6) is 0 Å². The molecule has 0 aliphatic carbocycles. The largest absolute Gasteiger partial charge is 0.471 e. The number of rotatable bonds is 5. The number of hydrogen-bond acceptors (Lipinski definition) is 4. The molecule has 1 aromatic heterocycles. The molecule has 2 heterocycles. The summed E-state index contributed by atoms with van der Waals surface area (Å²) in [6.45, 7) is 2.12. The highest BCUT2D eigenvalue weighted by Gasteiger charge is 2.42. The average Bonchev–Trinajstić information content (AvgIpc) is 2.93. The maximum atomic E-state index is 12.7. The van der Waals surface area contributed by atoms with E-state index in [1.54, 1.807) is 37.5 Å². The third-order valence-electron chi connectivity index (χ3n) is 5.01. The number of ether oxygens (including phenoxy) is 1. The third kappa shape index (κ3) is 4.74. The van der Waals surface area contributed by atoms with Crippen molar-refractivity contribution in [1.29, 1.82) is 0 Å². The second kappa shape index (κ2) is 8.76. The molecule has 1 aliphatic rings. The topological polar surface area (TPSA) is 73.5 Å². The van der Waals surface area contributed by atoms with Gasteiger partial charge < -0.3 is 9.64 Å². The molecule has 0 saturated heterocycles. The van der Waals surface area contributed by atoms with Crippen molar-refractivity contribution < 1.29 is 27.5 Å². The number of esters is 1. The smallest absolute Gasteiger partial charge is 0.466 e. The number of amides is 1. The van der Waals surface area contributed by atoms with E-state index in [9.17, 15) is 27.6 Å². The minimum Gasteiger partial charge on any atom is -0.466 e. The molecule has 0 saturated carbocycles. The van der Waals surface area contributed by atoms with Gasteiger partial charge in [0.25, 0.3) is 0 Å². The van der Waals surface area contributed by atoms with E-state index in [0.717, 1.165) is 16.0 Å². The molecule has 0 N–H and O–H groups in total. The Kier molecular flexibility index (Phi) is 6.33. The zero-order valence-corrected chi connectivity index (χ0v) is 16.4. The fraction of sp³-hybridized carbons (Fsp3) is 0.450. The third-order valence-corrected chi connectivity index (χ3v) is 5.01. The minimum atomic E-state index is -4.89. The Morgan fingerprint density at radius 2 is 1.80 bits per heavy atom. The number of aromatic nitrogens is 2. The van der Waals surface area contributed by atoms with Crippen LogP contribution in [0.25, 0.3) is 5.69 Å². The summed E-state index contributed by atoms with van der Waals surface area (Å²) in [5.41, 5.74) is 1.90. The SMILES string of the molecule is CCOC(=O)CCn1ccn(-c2ccc3c(c2)CCN(C(=O)C(F)(F)F)CC3)c1=O. The predicted molar refractivity (Wildman–Crippen MR) is 101 cm³/mol. The normalized spacial score (nSPS) is 14.2. The van der Waals surface area contributed by atoms with E-state index in [1.807, 2.05) is 0 Å². The van der Waals surface area contributed by atoms with Gasteiger partial charge in [0.15, 0.2) is 0 Å². The molecule has 2 aromatic rings. The van der Waals surface area contributed by atoms with Gasteiger partial charge in [-0.25, -0.2) is 4.79 Å². The zero-order chi connectivity index (χ0) is 21.9. The first-order valence-corrected chi connectivity index (χ1v) is 9.62. The second-order valence-electron chi connectivity index (χ2n) is 6.94. The molecule has 1 aromatic carbocycles. The molecular formula is C20H22F3N3O4. The van der Waals surface area contributed by atoms with Gasteiger partial charge in [-0.3, -0.25) is 18.7 Å². The van der Waals surface area contributed by atoms with Crippen molar-refractivity contribution in [1.82, 2.24) is 14.0 Å². The van der Waals surface area contributed by atoms with Crippen molar-refractivity contribution in [2.45, 2.75) is 38.9 Å². The number of carbonyl (C=O) groups is 2. The summed E-state index contributed by atoms with van der Waals surface area (Å²) in [5, 5.41) is 0. The Morgan fingerprint density at radius 1 is 1.10 bits per heavy atom. The maximum Gasteiger partial charge on any atom is 0.471 e. The van der Waals surface area contributed by atoms with E-state index in [4.69, 9.17) is 4.74 Å². The number of alkyl halides is 3. The first kappa shape index (κ1) is 21.7. The molecular weight excluding hydrogens is 403 g/mol. The molecule has 1 amide bonds. The molecule has 0 radical (unpaired) electrons. The summed E-state index contributed by atoms with van der Waals surface area (Å²) in [6, 6.07) is 5.25. The Labute approximate surface area is 170 Å². The van der Waals surface area contributed by atoms with E-state index in [1.165, 1.54) is 9.13 Å². The van der Waals surface area contributed by atoms with Crippen LogP contribution in [0.1, 0.15) is 24.5 Å². The number of fused-ring (bicyclic) bond motifs is 1. The van der Waals surface area contributed by atoms with E-state index in [0.29, 0.717) is 12.1 Å². The van der Waals surface area contributed by atoms with E-state index >= 15 is 0 Å². The van der Waals surface area contributed by atoms with E-state index in [-0.39, 0.29) is 50.7 Å². The lowest BCUT2D eigenvalue weighted by molar-refractivity contribution is -0.185. The molecule has 0 fully saturated rings. The van der Waals surface area contributed by atoms with Crippen molar-refractivity contribution in [3.8, 4) is 5.69 Å². The summed E-state index contributed by atoms with van der Waals surface area (Å²) in [6.07, 6.45) is -1.09. The predicted octanol–water partition coefficient (Wildman–Crippen LogP) is 2.08. The number of imidazole rings is 1. The van der Waals surface area contributed by atoms with Gasteiger partial charge in [0, 0.05) is 32.0 Å². The Morgan fingerprint density at radius 3 is 2.47 bits per heavy atom. The van der Waals surface area contributed by atoms with Crippen LogP contribution in [-0.2, 0) is 33.7 Å². The summed E-state index contributed by atoms with van der Waals surface area (Å²) >= 11 is 0. The van der Waals surface area contributed by atoms with Gasteiger partial charge >= 0.3 is 23.7 Å². The Hall–Kier alpha value is -3.04. The van der Waals surface area contributed by atoms with Crippen molar-refractivity contribution >= 4 is 11.9 Å². The van der Waals surface area contributed by atoms with Crippen LogP contribution in [-0.4, -0.2) is 51.8 Å². The monoisotopic (exact) mass is 425 g/mol. The molecule has 10 heteroatoms. The summed E-state index contributed by atoms with van der Waals surface area (Å²) in [7, 11) is 0. The fourth-order valence-corrected chi connectivity index (χ4v) is 3.47. The van der Waals surface area contributed by atoms with Gasteiger partial charge in [0.1, 0.15) is 0 Å². The number of benzene rings is 1. The summed E-state index contributed by atoms with van der Waals surface area (Å²) in [4.78, 5) is 36.5. The van der Waals surface area contributed by atoms with Crippen molar-refractivity contribution in [2.75, 3.05) is 19.7 Å². The standard InChI is InChI=1S/C20H22F3N3O4/c1-2-30-17(27)7-10-25-11-12-26(19(25)29)16-4-3-14-5-8-24(9-6-15(14)13-16)18(28)20(21,22)23/h3-4,11-13H,2,5-10H2,1H3. The van der Waals surface area contributed by atoms with Crippen molar-refractivity contribution in [3.63, 3.8) is 0 Å². The minimum absolute atomic E-state index is 0.00508. The molecule has 30 heavy (non-hydrogen) atoms. The summed E-state index contributed by atoms with van der Waals surface area (Å²) < 4.78 is 45.8. The van der Waals surface area contributed by atoms with E-state index < -0.39 is 12.1 Å². The maximum absolute atomic E-state index is 12.7. The molecule has 162 valence electrons. The van der Waals surface area contributed by atoms with Crippen LogP contribution in [0.3, 0.4) is 0 Å². The van der Waals surface area contributed by atoms with Gasteiger partial charge in [-0.15, -0.1) is 0 Å². The van der Waals surface area contributed by atoms with Gasteiger partial charge in [0.2, 0.25) is 0 Å². The summed E-state index contributed by atoms with van der Waals surface area (Å²) in [5.74, 6) is -2.22. The van der Waals surface area contributed by atoms with Gasteiger partial charge in [-0.05, 0) is 43.0 Å². The van der Waals surface area contributed by atoms with Crippen molar-refractivity contribution in [2.24, 2.45) is 0 Å². The van der Waals surface area contributed by atoms with Gasteiger partial charge in [0.05, 0.1) is 18.7 Å². The van der Waals surface area contributed by atoms with Crippen LogP contribution in [0.4, 0.5) is 13.2 Å². The number of hydrogen-bond donors (Lipinski definition) is 0. The molecule has 0 atom stereocenters. The number of halogens is 3. The fourth-order valence-electron chi connectivity index (χ4n) is 3.47. The van der Waals surface area contributed by atoms with E-state index in [2.05, 4.69) is 0 Å². The highest BCUT2D eigenvalue weighted by atomic mass is 19.4. The average molecular weight is 425 g/mol. The molecule has 3 rings (SSSR count). The van der Waals surface area contributed by atoms with Crippen LogP contribution in [0, 0.1) is 0 Å². The van der Waals surface area contributed by atoms with Gasteiger partial charge in [-0.2, -0.15) is 13.2 Å². The number of nitrogens with zero attached hydrogens (tertiary/aromatic N) is 3. The molecule has 0 bridgehead atoms. The van der Waals surface area contributed by atoms with Crippen molar-refractivity contribution in [3.05, 3.63) is 52.2 Å². The lowest BCUT2D eigenvalue weighted by Crippen LogP contribution is -2.42. The van der Waals surface area contributed by atoms with Crippen LogP contribution < -0.4 is 5.69 Å².